The van der Waals surface area contributed by atoms with Crippen LogP contribution in [-0.4, -0.2) is 16.5 Å². The summed E-state index contributed by atoms with van der Waals surface area (Å²) in [4.78, 5) is 12.3. The van der Waals surface area contributed by atoms with Crippen molar-refractivity contribution < 1.29 is 14.6 Å². The molecule has 0 spiro atoms. The second-order valence-electron chi connectivity index (χ2n) is 11.8. The Labute approximate surface area is 220 Å². The zero-order valence-corrected chi connectivity index (χ0v) is 22.1. The van der Waals surface area contributed by atoms with Crippen molar-refractivity contribution in [3.05, 3.63) is 82.5 Å². The number of carbonyl (C=O) groups is 1. The van der Waals surface area contributed by atoms with Crippen LogP contribution in [-0.2, 0) is 4.79 Å². The highest BCUT2D eigenvalue weighted by Crippen LogP contribution is 2.66. The third kappa shape index (κ3) is 3.98. The minimum Gasteiger partial charge on any atom is -0.457 e. The predicted molar refractivity (Wildman–Crippen MR) is 146 cm³/mol. The first-order chi connectivity index (χ1) is 17.8. The second kappa shape index (κ2) is 9.03. The van der Waals surface area contributed by atoms with E-state index < -0.39 is 5.60 Å². The van der Waals surface area contributed by atoms with Gasteiger partial charge in [-0.1, -0.05) is 42.7 Å². The van der Waals surface area contributed by atoms with Crippen LogP contribution in [0.3, 0.4) is 0 Å². The monoisotopic (exact) mass is 492 g/mol. The van der Waals surface area contributed by atoms with Crippen LogP contribution in [0, 0.1) is 36.0 Å². The molecule has 2 aromatic rings. The topological polar surface area (TPSA) is 46.5 Å². The molecule has 0 saturated heterocycles. The largest absolute Gasteiger partial charge is 0.457 e. The molecule has 0 heterocycles. The summed E-state index contributed by atoms with van der Waals surface area (Å²) >= 11 is 0. The van der Waals surface area contributed by atoms with Gasteiger partial charge >= 0.3 is 0 Å². The molecule has 0 bridgehead atoms. The Morgan fingerprint density at radius 1 is 1.03 bits per heavy atom. The van der Waals surface area contributed by atoms with Crippen LogP contribution in [0.15, 0.2) is 71.3 Å². The number of benzene rings is 2. The molecule has 3 nitrogen and oxygen atoms in total. The van der Waals surface area contributed by atoms with Gasteiger partial charge in [-0.15, -0.1) is 5.92 Å². The SMILES string of the molecule is CC#C[C@]1(O)CC[C@H]2[C@@H]3CCC4=CC(=O)CCC4=C3[C@@H](c3ccc(Oc4cccc(C)c4)cc3)C[C@@]21C. The number of fused-ring (bicyclic) bond motifs is 4. The Kier molecular flexibility index (Phi) is 5.92. The number of ketones is 1. The van der Waals surface area contributed by atoms with Crippen molar-refractivity contribution in [3.63, 3.8) is 0 Å². The van der Waals surface area contributed by atoms with Crippen molar-refractivity contribution >= 4 is 5.78 Å². The summed E-state index contributed by atoms with van der Waals surface area (Å²) in [5.41, 5.74) is 5.45. The van der Waals surface area contributed by atoms with Crippen LogP contribution in [0.25, 0.3) is 0 Å². The average molecular weight is 493 g/mol. The number of allylic oxidation sites excluding steroid dienone is 4. The maximum absolute atomic E-state index is 12.3. The fourth-order valence-corrected chi connectivity index (χ4v) is 7.96. The Bertz CT molecular complexity index is 1370. The van der Waals surface area contributed by atoms with Crippen LogP contribution in [0.4, 0.5) is 0 Å². The van der Waals surface area contributed by atoms with Gasteiger partial charge in [-0.05, 0) is 117 Å². The molecule has 3 heteroatoms. The Morgan fingerprint density at radius 3 is 2.59 bits per heavy atom. The number of hydrogen-bond donors (Lipinski definition) is 1. The van der Waals surface area contributed by atoms with Crippen LogP contribution in [0.1, 0.15) is 75.8 Å². The molecule has 0 unspecified atom stereocenters. The molecule has 4 aliphatic rings. The maximum Gasteiger partial charge on any atom is 0.156 e. The van der Waals surface area contributed by atoms with Crippen molar-refractivity contribution in [2.75, 3.05) is 0 Å². The number of aryl methyl sites for hydroxylation is 1. The molecule has 0 radical (unpaired) electrons. The predicted octanol–water partition coefficient (Wildman–Crippen LogP) is 7.44. The van der Waals surface area contributed by atoms with Crippen molar-refractivity contribution in [1.29, 1.82) is 0 Å². The lowest BCUT2D eigenvalue weighted by Gasteiger charge is -2.53. The summed E-state index contributed by atoms with van der Waals surface area (Å²) in [7, 11) is 0. The molecule has 2 fully saturated rings. The Hall–Kier alpha value is -3.09. The lowest BCUT2D eigenvalue weighted by molar-refractivity contribution is -0.114. The molecular formula is C34H36O3. The van der Waals surface area contributed by atoms with Gasteiger partial charge in [0.05, 0.1) is 0 Å². The van der Waals surface area contributed by atoms with E-state index in [1.54, 1.807) is 0 Å². The minimum absolute atomic E-state index is 0.203. The third-order valence-corrected chi connectivity index (χ3v) is 9.73. The smallest absolute Gasteiger partial charge is 0.156 e. The van der Waals surface area contributed by atoms with Gasteiger partial charge < -0.3 is 9.84 Å². The lowest BCUT2D eigenvalue weighted by Crippen LogP contribution is -2.51. The van der Waals surface area contributed by atoms with Gasteiger partial charge in [0.1, 0.15) is 17.1 Å². The quantitative estimate of drug-likeness (QED) is 0.453. The van der Waals surface area contributed by atoms with Gasteiger partial charge in [0.15, 0.2) is 5.78 Å². The van der Waals surface area contributed by atoms with E-state index in [-0.39, 0.29) is 17.1 Å². The summed E-state index contributed by atoms with van der Waals surface area (Å²) in [6.07, 6.45) is 8.02. The summed E-state index contributed by atoms with van der Waals surface area (Å²) in [5.74, 6) is 9.27. The van der Waals surface area contributed by atoms with Crippen LogP contribution in [0.2, 0.25) is 0 Å². The molecule has 2 aromatic carbocycles. The maximum atomic E-state index is 12.3. The van der Waals surface area contributed by atoms with Gasteiger partial charge in [0.25, 0.3) is 0 Å². The van der Waals surface area contributed by atoms with E-state index in [2.05, 4.69) is 56.0 Å². The van der Waals surface area contributed by atoms with Crippen molar-refractivity contribution in [3.8, 4) is 23.3 Å². The first-order valence-electron chi connectivity index (χ1n) is 13.8. The highest BCUT2D eigenvalue weighted by Gasteiger charge is 2.62. The standard InChI is InChI=1S/C34H36O3/c1-4-17-34(36)18-16-31-29-14-10-24-20-25(35)11-15-28(24)32(29)30(21-33(31,34)3)23-8-12-26(13-9-23)37-27-7-5-6-22(2)19-27/h5-9,12-13,19-20,29-31,36H,10-11,14-16,18,21H2,1-3H3/t29-,30+,31-,33-,34-/m0/s1. The van der Waals surface area contributed by atoms with Gasteiger partial charge in [0.2, 0.25) is 0 Å². The number of hydrogen-bond acceptors (Lipinski definition) is 3. The molecule has 0 aliphatic heterocycles. The van der Waals surface area contributed by atoms with Gasteiger partial charge in [-0.25, -0.2) is 0 Å². The van der Waals surface area contributed by atoms with Crippen LogP contribution in [0.5, 0.6) is 11.5 Å². The highest BCUT2D eigenvalue weighted by molar-refractivity contribution is 5.93. The molecule has 5 atom stereocenters. The van der Waals surface area contributed by atoms with Crippen LogP contribution < -0.4 is 4.74 Å². The van der Waals surface area contributed by atoms with E-state index >= 15 is 0 Å². The van der Waals surface area contributed by atoms with E-state index in [0.29, 0.717) is 18.3 Å². The molecule has 2 saturated carbocycles. The normalized spacial score (nSPS) is 32.5. The number of rotatable bonds is 3. The Morgan fingerprint density at radius 2 is 1.84 bits per heavy atom. The second-order valence-corrected chi connectivity index (χ2v) is 11.8. The molecule has 190 valence electrons. The van der Waals surface area contributed by atoms with E-state index in [9.17, 15) is 9.90 Å². The van der Waals surface area contributed by atoms with Crippen LogP contribution >= 0.6 is 0 Å². The molecule has 1 N–H and O–H groups in total. The van der Waals surface area contributed by atoms with E-state index in [4.69, 9.17) is 4.74 Å². The first kappa shape index (κ1) is 24.3. The molecule has 0 amide bonds. The van der Waals surface area contributed by atoms with Crippen molar-refractivity contribution in [2.24, 2.45) is 17.3 Å². The summed E-state index contributed by atoms with van der Waals surface area (Å²) in [5, 5.41) is 11.8. The van der Waals surface area contributed by atoms with E-state index in [1.165, 1.54) is 27.8 Å². The Balaban J connectivity index is 1.42. The first-order valence-corrected chi connectivity index (χ1v) is 13.8. The number of ether oxygens (including phenoxy) is 1. The zero-order chi connectivity index (χ0) is 25.8. The zero-order valence-electron chi connectivity index (χ0n) is 22.1. The highest BCUT2D eigenvalue weighted by atomic mass is 16.5. The average Bonchev–Trinajstić information content (AvgIpc) is 3.14. The summed E-state index contributed by atoms with van der Waals surface area (Å²) in [6, 6.07) is 16.7. The van der Waals surface area contributed by atoms with Crippen molar-refractivity contribution in [1.82, 2.24) is 0 Å². The van der Waals surface area contributed by atoms with Gasteiger partial charge in [-0.2, -0.15) is 0 Å². The fourth-order valence-electron chi connectivity index (χ4n) is 7.96. The van der Waals surface area contributed by atoms with Gasteiger partial charge in [0, 0.05) is 17.8 Å². The minimum atomic E-state index is -0.951. The molecule has 4 aliphatic carbocycles. The third-order valence-electron chi connectivity index (χ3n) is 9.73. The molecular weight excluding hydrogens is 456 g/mol. The molecule has 37 heavy (non-hydrogen) atoms. The van der Waals surface area contributed by atoms with E-state index in [0.717, 1.165) is 50.0 Å². The lowest BCUT2D eigenvalue weighted by atomic mass is 9.51. The number of aliphatic hydroxyl groups is 1. The fraction of sp³-hybridized carbons (Fsp3) is 0.441. The summed E-state index contributed by atoms with van der Waals surface area (Å²) in [6.45, 7) is 6.19. The molecule has 6 rings (SSSR count). The van der Waals surface area contributed by atoms with E-state index in [1.807, 2.05) is 31.2 Å². The van der Waals surface area contributed by atoms with Gasteiger partial charge in [-0.3, -0.25) is 4.79 Å². The van der Waals surface area contributed by atoms with Crippen molar-refractivity contribution in [2.45, 2.75) is 77.2 Å². The summed E-state index contributed by atoms with van der Waals surface area (Å²) < 4.78 is 6.14. The molecule has 0 aromatic heterocycles. The number of carbonyl (C=O) groups excluding carboxylic acids is 1.